The van der Waals surface area contributed by atoms with Gasteiger partial charge in [-0.05, 0) is 36.8 Å². The van der Waals surface area contributed by atoms with Gasteiger partial charge in [-0.15, -0.1) is 0 Å². The number of nitrogens with zero attached hydrogens (tertiary/aromatic N) is 4. The van der Waals surface area contributed by atoms with Crippen LogP contribution in [0.4, 0.5) is 24.7 Å². The first-order valence-corrected chi connectivity index (χ1v) is 11.2. The Kier molecular flexibility index (Phi) is 6.12. The molecule has 0 aliphatic carbocycles. The van der Waals surface area contributed by atoms with Crippen LogP contribution in [0.15, 0.2) is 79.3 Å². The lowest BCUT2D eigenvalue weighted by atomic mass is 10.1. The van der Waals surface area contributed by atoms with E-state index in [1.807, 2.05) is 36.4 Å². The molecule has 2 amide bonds. The number of nitrogens with one attached hydrogen (secondary N) is 1. The molecule has 8 nitrogen and oxygen atoms in total. The Bertz CT molecular complexity index is 1450. The van der Waals surface area contributed by atoms with E-state index in [0.29, 0.717) is 5.82 Å². The third kappa shape index (κ3) is 4.88. The van der Waals surface area contributed by atoms with Crippen molar-refractivity contribution >= 4 is 23.3 Å². The number of benzene rings is 2. The summed E-state index contributed by atoms with van der Waals surface area (Å²) in [6.45, 7) is 1.17. The van der Waals surface area contributed by atoms with Gasteiger partial charge in [0.05, 0.1) is 11.4 Å². The topological polar surface area (TPSA) is 89.3 Å². The van der Waals surface area contributed by atoms with Crippen molar-refractivity contribution in [1.29, 1.82) is 0 Å². The van der Waals surface area contributed by atoms with Crippen LogP contribution in [-0.4, -0.2) is 39.0 Å². The van der Waals surface area contributed by atoms with Crippen molar-refractivity contribution in [3.63, 3.8) is 0 Å². The van der Waals surface area contributed by atoms with Gasteiger partial charge in [-0.3, -0.25) is 19.1 Å². The average molecular weight is 507 g/mol. The van der Waals surface area contributed by atoms with Gasteiger partial charge < -0.3 is 10.1 Å². The summed E-state index contributed by atoms with van der Waals surface area (Å²) in [7, 11) is 0. The number of rotatable bonds is 5. The standard InChI is InChI=1S/C26H20F3N5O3/c1-16-24(36)34(15-23(35)32-22-10-7-18(14-31-22)17-5-3-2-4-6-17)20-9-8-19(13-21(20)37-16)33-12-11-30-25(33)26(27,28)29/h2-14,16H,15H2,1H3,(H,31,32,35). The molecule has 0 saturated heterocycles. The highest BCUT2D eigenvalue weighted by molar-refractivity contribution is 6.06. The molecule has 1 unspecified atom stereocenters. The number of alkyl halides is 3. The molecule has 0 saturated carbocycles. The van der Waals surface area contributed by atoms with Crippen LogP contribution in [0.3, 0.4) is 0 Å². The Morgan fingerprint density at radius 3 is 2.54 bits per heavy atom. The molecule has 2 aromatic heterocycles. The molecule has 3 heterocycles. The van der Waals surface area contributed by atoms with E-state index in [2.05, 4.69) is 15.3 Å². The molecule has 37 heavy (non-hydrogen) atoms. The molecule has 0 fully saturated rings. The van der Waals surface area contributed by atoms with Gasteiger partial charge in [-0.25, -0.2) is 9.97 Å². The number of halogens is 3. The fourth-order valence-electron chi connectivity index (χ4n) is 4.03. The minimum atomic E-state index is -4.65. The van der Waals surface area contributed by atoms with Gasteiger partial charge >= 0.3 is 6.18 Å². The quantitative estimate of drug-likeness (QED) is 0.423. The number of imidazole rings is 1. The van der Waals surface area contributed by atoms with Crippen molar-refractivity contribution in [2.24, 2.45) is 0 Å². The number of amides is 2. The van der Waals surface area contributed by atoms with E-state index in [-0.39, 0.29) is 23.7 Å². The maximum absolute atomic E-state index is 13.3. The predicted octanol–water partition coefficient (Wildman–Crippen LogP) is 4.71. The van der Waals surface area contributed by atoms with Crippen LogP contribution in [0.1, 0.15) is 12.7 Å². The number of hydrogen-bond acceptors (Lipinski definition) is 5. The van der Waals surface area contributed by atoms with Crippen LogP contribution < -0.4 is 15.0 Å². The van der Waals surface area contributed by atoms with Crippen LogP contribution in [0.5, 0.6) is 5.75 Å². The fourth-order valence-corrected chi connectivity index (χ4v) is 4.03. The first-order valence-electron chi connectivity index (χ1n) is 11.2. The monoisotopic (exact) mass is 507 g/mol. The molecule has 1 aliphatic rings. The van der Waals surface area contributed by atoms with Gasteiger partial charge in [0, 0.05) is 30.2 Å². The van der Waals surface area contributed by atoms with E-state index in [4.69, 9.17) is 4.74 Å². The molecular weight excluding hydrogens is 487 g/mol. The van der Waals surface area contributed by atoms with Crippen LogP contribution >= 0.6 is 0 Å². The highest BCUT2D eigenvalue weighted by atomic mass is 19.4. The number of aromatic nitrogens is 3. The Morgan fingerprint density at radius 2 is 1.84 bits per heavy atom. The smallest absolute Gasteiger partial charge is 0.450 e. The molecule has 0 radical (unpaired) electrons. The normalized spacial score (nSPS) is 15.2. The summed E-state index contributed by atoms with van der Waals surface area (Å²) in [5.41, 5.74) is 2.28. The summed E-state index contributed by atoms with van der Waals surface area (Å²) in [6.07, 6.45) is -1.73. The first-order chi connectivity index (χ1) is 17.7. The second-order valence-electron chi connectivity index (χ2n) is 8.30. The van der Waals surface area contributed by atoms with E-state index < -0.39 is 29.9 Å². The third-order valence-corrected chi connectivity index (χ3v) is 5.76. The van der Waals surface area contributed by atoms with E-state index >= 15 is 0 Å². The van der Waals surface area contributed by atoms with Crippen molar-refractivity contribution < 1.29 is 27.5 Å². The van der Waals surface area contributed by atoms with Gasteiger partial charge in [0.15, 0.2) is 6.10 Å². The zero-order chi connectivity index (χ0) is 26.2. The number of hydrogen-bond donors (Lipinski definition) is 1. The van der Waals surface area contributed by atoms with Gasteiger partial charge in [-0.1, -0.05) is 30.3 Å². The first kappa shape index (κ1) is 24.0. The maximum Gasteiger partial charge on any atom is 0.450 e. The van der Waals surface area contributed by atoms with Gasteiger partial charge in [0.1, 0.15) is 18.1 Å². The van der Waals surface area contributed by atoms with Crippen LogP contribution in [0.25, 0.3) is 16.8 Å². The van der Waals surface area contributed by atoms with Crippen molar-refractivity contribution in [2.75, 3.05) is 16.8 Å². The molecule has 188 valence electrons. The average Bonchev–Trinajstić information content (AvgIpc) is 3.38. The summed E-state index contributed by atoms with van der Waals surface area (Å²) in [4.78, 5) is 34.5. The summed E-state index contributed by atoms with van der Waals surface area (Å²) < 4.78 is 46.4. The summed E-state index contributed by atoms with van der Waals surface area (Å²) in [6, 6.07) is 17.3. The molecule has 2 aromatic carbocycles. The lowest BCUT2D eigenvalue weighted by molar-refractivity contribution is -0.145. The highest BCUT2D eigenvalue weighted by Crippen LogP contribution is 2.37. The Balaban J connectivity index is 1.35. The van der Waals surface area contributed by atoms with Crippen molar-refractivity contribution in [2.45, 2.75) is 19.2 Å². The van der Waals surface area contributed by atoms with E-state index in [9.17, 15) is 22.8 Å². The van der Waals surface area contributed by atoms with Crippen molar-refractivity contribution in [1.82, 2.24) is 14.5 Å². The van der Waals surface area contributed by atoms with Gasteiger partial charge in [-0.2, -0.15) is 13.2 Å². The summed E-state index contributed by atoms with van der Waals surface area (Å²) in [5, 5.41) is 2.67. The largest absolute Gasteiger partial charge is 0.479 e. The lowest BCUT2D eigenvalue weighted by Crippen LogP contribution is -2.47. The number of fused-ring (bicyclic) bond motifs is 1. The second-order valence-corrected chi connectivity index (χ2v) is 8.30. The number of pyridine rings is 1. The predicted molar refractivity (Wildman–Crippen MR) is 129 cm³/mol. The molecule has 1 N–H and O–H groups in total. The molecule has 11 heteroatoms. The molecule has 0 spiro atoms. The maximum atomic E-state index is 13.3. The minimum Gasteiger partial charge on any atom is -0.479 e. The van der Waals surface area contributed by atoms with Crippen molar-refractivity contribution in [3.8, 4) is 22.6 Å². The van der Waals surface area contributed by atoms with Crippen molar-refractivity contribution in [3.05, 3.63) is 85.1 Å². The molecular formula is C26H20F3N5O3. The molecule has 1 atom stereocenters. The number of carbonyl (C=O) groups excluding carboxylic acids is 2. The molecule has 0 bridgehead atoms. The second kappa shape index (κ2) is 9.41. The molecule has 5 rings (SSSR count). The summed E-state index contributed by atoms with van der Waals surface area (Å²) >= 11 is 0. The third-order valence-electron chi connectivity index (χ3n) is 5.76. The van der Waals surface area contributed by atoms with Gasteiger partial charge in [0.25, 0.3) is 5.91 Å². The highest BCUT2D eigenvalue weighted by Gasteiger charge is 2.37. The fraction of sp³-hybridized carbons (Fsp3) is 0.154. The van der Waals surface area contributed by atoms with Crippen LogP contribution in [-0.2, 0) is 15.8 Å². The van der Waals surface area contributed by atoms with Crippen LogP contribution in [0, 0.1) is 0 Å². The SMILES string of the molecule is CC1Oc2cc(-n3ccnc3C(F)(F)F)ccc2N(CC(=O)Nc2ccc(-c3ccccc3)cn2)C1=O. The minimum absolute atomic E-state index is 0.150. The zero-order valence-corrected chi connectivity index (χ0v) is 19.4. The zero-order valence-electron chi connectivity index (χ0n) is 19.4. The van der Waals surface area contributed by atoms with E-state index in [1.165, 1.54) is 36.2 Å². The molecule has 1 aliphatic heterocycles. The van der Waals surface area contributed by atoms with Crippen LogP contribution in [0.2, 0.25) is 0 Å². The number of anilines is 2. The molecule has 4 aromatic rings. The summed E-state index contributed by atoms with van der Waals surface area (Å²) in [5.74, 6) is -1.56. The number of ether oxygens (including phenoxy) is 1. The number of carbonyl (C=O) groups is 2. The Labute approximate surface area is 209 Å². The Morgan fingerprint density at radius 1 is 1.05 bits per heavy atom. The van der Waals surface area contributed by atoms with E-state index in [0.717, 1.165) is 21.9 Å². The van der Waals surface area contributed by atoms with E-state index in [1.54, 1.807) is 12.3 Å². The lowest BCUT2D eigenvalue weighted by Gasteiger charge is -2.33. The Hall–Kier alpha value is -4.67. The van der Waals surface area contributed by atoms with Gasteiger partial charge in [0.2, 0.25) is 11.7 Å².